The summed E-state index contributed by atoms with van der Waals surface area (Å²) in [5.41, 5.74) is 2.64. The molecule has 7 atom stereocenters. The molecule has 0 aromatic heterocycles. The van der Waals surface area contributed by atoms with E-state index in [1.165, 1.54) is 37.7 Å². The Labute approximate surface area is 209 Å². The van der Waals surface area contributed by atoms with E-state index in [-0.39, 0.29) is 19.2 Å². The van der Waals surface area contributed by atoms with Gasteiger partial charge in [-0.3, -0.25) is 4.79 Å². The van der Waals surface area contributed by atoms with Crippen LogP contribution in [0.15, 0.2) is 42.0 Å². The van der Waals surface area contributed by atoms with Crippen LogP contribution in [0, 0.1) is 35.0 Å². The van der Waals surface area contributed by atoms with Gasteiger partial charge in [-0.15, -0.1) is 0 Å². The maximum atomic E-state index is 12.1. The van der Waals surface area contributed by atoms with Gasteiger partial charge in [-0.2, -0.15) is 0 Å². The van der Waals surface area contributed by atoms with E-state index in [0.717, 1.165) is 49.0 Å². The lowest BCUT2D eigenvalue weighted by molar-refractivity contribution is -0.150. The van der Waals surface area contributed by atoms with Crippen molar-refractivity contribution >= 4 is 11.8 Å². The molecule has 1 unspecified atom stereocenters. The Morgan fingerprint density at radius 3 is 2.80 bits per heavy atom. The Hall–Kier alpha value is -1.98. The maximum Gasteiger partial charge on any atom is 0.332 e. The Kier molecular flexibility index (Phi) is 7.45. The number of ketones is 1. The lowest BCUT2D eigenvalue weighted by Gasteiger charge is -2.52. The van der Waals surface area contributed by atoms with Crippen molar-refractivity contribution in [3.05, 3.63) is 47.5 Å². The second kappa shape index (κ2) is 10.6. The van der Waals surface area contributed by atoms with E-state index in [1.54, 1.807) is 0 Å². The zero-order valence-electron chi connectivity index (χ0n) is 21.0. The summed E-state index contributed by atoms with van der Waals surface area (Å²) in [4.78, 5) is 24.1. The fourth-order valence-corrected chi connectivity index (χ4v) is 8.02. The predicted octanol–water partition coefficient (Wildman–Crippen LogP) is 5.43. The van der Waals surface area contributed by atoms with E-state index in [2.05, 4.69) is 6.92 Å². The Bertz CT molecular complexity index is 939. The molecule has 0 bridgehead atoms. The van der Waals surface area contributed by atoms with Crippen LogP contribution in [0.5, 0.6) is 0 Å². The first kappa shape index (κ1) is 24.7. The van der Waals surface area contributed by atoms with Gasteiger partial charge in [0, 0.05) is 6.42 Å². The molecule has 0 saturated heterocycles. The summed E-state index contributed by atoms with van der Waals surface area (Å²) < 4.78 is 10.9. The summed E-state index contributed by atoms with van der Waals surface area (Å²) in [5.74, 6) is 3.57. The molecular formula is C30H40O5. The number of benzene rings is 1. The average molecular weight is 481 g/mol. The number of carbonyl (C=O) groups is 2. The summed E-state index contributed by atoms with van der Waals surface area (Å²) in [6, 6.07) is 9.32. The molecule has 4 aliphatic carbocycles. The molecular weight excluding hydrogens is 440 g/mol. The zero-order chi connectivity index (χ0) is 24.4. The summed E-state index contributed by atoms with van der Waals surface area (Å²) in [6.45, 7) is 2.90. The molecule has 3 fully saturated rings. The van der Waals surface area contributed by atoms with E-state index in [1.807, 2.05) is 36.4 Å². The summed E-state index contributed by atoms with van der Waals surface area (Å²) >= 11 is 0. The molecule has 35 heavy (non-hydrogen) atoms. The number of aliphatic hydroxyl groups excluding tert-OH is 1. The number of allylic oxidation sites excluding steroid dienone is 1. The van der Waals surface area contributed by atoms with Gasteiger partial charge < -0.3 is 14.6 Å². The maximum absolute atomic E-state index is 12.1. The number of esters is 1. The first-order valence-electron chi connectivity index (χ1n) is 13.6. The molecule has 1 aromatic carbocycles. The highest BCUT2D eigenvalue weighted by Crippen LogP contribution is 2.63. The highest BCUT2D eigenvalue weighted by molar-refractivity contribution is 5.91. The van der Waals surface area contributed by atoms with Crippen LogP contribution in [0.1, 0.15) is 76.4 Å². The standard InChI is InChI=1S/C30H40O5/c1-30-13-11-25-24-10-8-23(31)16-22(24)7-9-26(25)27(30)15-20(17-30)12-14-35-29(33)19-34-18-28(32)21-5-3-2-4-6-21/h2-6,16,20,24-28,32H,7-15,17-19H2,1H3/t20-,24-,25+,26+,27-,28?,30+/m0/s1. The fraction of sp³-hybridized carbons (Fsp3) is 0.667. The van der Waals surface area contributed by atoms with Crippen LogP contribution < -0.4 is 0 Å². The van der Waals surface area contributed by atoms with Gasteiger partial charge in [-0.1, -0.05) is 42.8 Å². The average Bonchev–Trinajstić information content (AvgIpc) is 3.20. The van der Waals surface area contributed by atoms with Crippen molar-refractivity contribution in [1.82, 2.24) is 0 Å². The molecule has 5 rings (SSSR count). The quantitative estimate of drug-likeness (QED) is 0.503. The Morgan fingerprint density at radius 2 is 1.97 bits per heavy atom. The first-order chi connectivity index (χ1) is 16.9. The van der Waals surface area contributed by atoms with Crippen LogP contribution in [0.3, 0.4) is 0 Å². The van der Waals surface area contributed by atoms with Crippen LogP contribution in [0.4, 0.5) is 0 Å². The number of hydrogen-bond acceptors (Lipinski definition) is 5. The minimum absolute atomic E-state index is 0.0797. The minimum Gasteiger partial charge on any atom is -0.464 e. The van der Waals surface area contributed by atoms with Crippen molar-refractivity contribution in [2.45, 2.75) is 70.8 Å². The van der Waals surface area contributed by atoms with Gasteiger partial charge >= 0.3 is 5.97 Å². The molecule has 0 spiro atoms. The number of fused-ring (bicyclic) bond motifs is 5. The highest BCUT2D eigenvalue weighted by atomic mass is 16.6. The number of hydrogen-bond donors (Lipinski definition) is 1. The lowest BCUT2D eigenvalue weighted by atomic mass is 9.52. The van der Waals surface area contributed by atoms with Crippen molar-refractivity contribution in [3.8, 4) is 0 Å². The van der Waals surface area contributed by atoms with Gasteiger partial charge in [0.05, 0.1) is 13.2 Å². The van der Waals surface area contributed by atoms with Crippen LogP contribution in [-0.4, -0.2) is 36.7 Å². The van der Waals surface area contributed by atoms with Gasteiger partial charge in [0.15, 0.2) is 5.78 Å². The second-order valence-electron chi connectivity index (χ2n) is 11.8. The molecule has 0 amide bonds. The third-order valence-corrected chi connectivity index (χ3v) is 9.63. The molecule has 0 radical (unpaired) electrons. The highest BCUT2D eigenvalue weighted by Gasteiger charge is 2.54. The summed E-state index contributed by atoms with van der Waals surface area (Å²) in [7, 11) is 0. The molecule has 190 valence electrons. The molecule has 0 heterocycles. The number of rotatable bonds is 8. The summed E-state index contributed by atoms with van der Waals surface area (Å²) in [5, 5.41) is 10.1. The molecule has 0 aliphatic heterocycles. The Balaban J connectivity index is 1.06. The van der Waals surface area contributed by atoms with E-state index >= 15 is 0 Å². The number of ether oxygens (including phenoxy) is 2. The smallest absolute Gasteiger partial charge is 0.332 e. The van der Waals surface area contributed by atoms with Gasteiger partial charge in [0.1, 0.15) is 12.7 Å². The fourth-order valence-electron chi connectivity index (χ4n) is 8.02. The van der Waals surface area contributed by atoms with Crippen LogP contribution >= 0.6 is 0 Å². The topological polar surface area (TPSA) is 72.8 Å². The zero-order valence-corrected chi connectivity index (χ0v) is 21.0. The normalized spacial score (nSPS) is 34.9. The molecule has 3 saturated carbocycles. The number of carbonyl (C=O) groups excluding carboxylic acids is 2. The van der Waals surface area contributed by atoms with E-state index in [0.29, 0.717) is 29.6 Å². The van der Waals surface area contributed by atoms with Crippen LogP contribution in [-0.2, 0) is 19.1 Å². The molecule has 4 aliphatic rings. The minimum atomic E-state index is -0.740. The SMILES string of the molecule is C[C@]12CC[C@H]3[C@@H](CCC4=CC(=O)CC[C@@H]43)[C@@H]1C[C@H](CCOC(=O)COCC(O)c1ccccc1)C2. The van der Waals surface area contributed by atoms with Crippen LogP contribution in [0.25, 0.3) is 0 Å². The van der Waals surface area contributed by atoms with Crippen molar-refractivity contribution in [2.75, 3.05) is 19.8 Å². The molecule has 1 aromatic rings. The largest absolute Gasteiger partial charge is 0.464 e. The first-order valence-corrected chi connectivity index (χ1v) is 13.6. The van der Waals surface area contributed by atoms with Crippen molar-refractivity contribution in [2.24, 2.45) is 35.0 Å². The van der Waals surface area contributed by atoms with Crippen molar-refractivity contribution in [1.29, 1.82) is 0 Å². The molecule has 5 heteroatoms. The predicted molar refractivity (Wildman–Crippen MR) is 133 cm³/mol. The monoisotopic (exact) mass is 480 g/mol. The van der Waals surface area contributed by atoms with Gasteiger partial charge in [0.25, 0.3) is 0 Å². The van der Waals surface area contributed by atoms with Crippen molar-refractivity contribution < 1.29 is 24.2 Å². The molecule has 5 nitrogen and oxygen atoms in total. The van der Waals surface area contributed by atoms with E-state index in [4.69, 9.17) is 9.47 Å². The van der Waals surface area contributed by atoms with Crippen molar-refractivity contribution in [3.63, 3.8) is 0 Å². The summed E-state index contributed by atoms with van der Waals surface area (Å²) in [6.07, 6.45) is 11.4. The lowest BCUT2D eigenvalue weighted by Crippen LogP contribution is -2.44. The van der Waals surface area contributed by atoms with Gasteiger partial charge in [0.2, 0.25) is 0 Å². The van der Waals surface area contributed by atoms with Crippen LogP contribution in [0.2, 0.25) is 0 Å². The number of aliphatic hydroxyl groups is 1. The third-order valence-electron chi connectivity index (χ3n) is 9.63. The van der Waals surface area contributed by atoms with E-state index in [9.17, 15) is 14.7 Å². The van der Waals surface area contributed by atoms with E-state index < -0.39 is 6.10 Å². The van der Waals surface area contributed by atoms with Gasteiger partial charge in [-0.25, -0.2) is 4.79 Å². The molecule has 1 N–H and O–H groups in total. The Morgan fingerprint density at radius 1 is 1.14 bits per heavy atom. The van der Waals surface area contributed by atoms with Gasteiger partial charge in [-0.05, 0) is 98.0 Å². The second-order valence-corrected chi connectivity index (χ2v) is 11.8. The third kappa shape index (κ3) is 5.41.